The molecule has 134 valence electrons. The molecule has 5 heteroatoms. The van der Waals surface area contributed by atoms with E-state index in [1.807, 2.05) is 0 Å². The molecule has 0 heterocycles. The minimum atomic E-state index is -0.0675. The summed E-state index contributed by atoms with van der Waals surface area (Å²) >= 11 is 0. The molecule has 0 bridgehead atoms. The van der Waals surface area contributed by atoms with E-state index in [1.54, 1.807) is 0 Å². The highest BCUT2D eigenvalue weighted by Gasteiger charge is 2.36. The van der Waals surface area contributed by atoms with Gasteiger partial charge in [-0.1, -0.05) is 32.1 Å². The van der Waals surface area contributed by atoms with E-state index in [4.69, 9.17) is 0 Å². The first-order chi connectivity index (χ1) is 11.1. The summed E-state index contributed by atoms with van der Waals surface area (Å²) in [6.07, 6.45) is 11.6. The molecule has 2 rings (SSSR count). The molecule has 0 aromatic carbocycles. The van der Waals surface area contributed by atoms with E-state index < -0.39 is 0 Å². The summed E-state index contributed by atoms with van der Waals surface area (Å²) in [5.41, 5.74) is 0.120. The lowest BCUT2D eigenvalue weighted by Crippen LogP contribution is -2.54. The van der Waals surface area contributed by atoms with Gasteiger partial charge in [0.2, 0.25) is 0 Å². The summed E-state index contributed by atoms with van der Waals surface area (Å²) in [7, 11) is 4.23. The Kier molecular flexibility index (Phi) is 7.15. The van der Waals surface area contributed by atoms with Crippen molar-refractivity contribution in [1.29, 1.82) is 0 Å². The Balaban J connectivity index is 1.83. The summed E-state index contributed by atoms with van der Waals surface area (Å²) in [6, 6.07) is 0.0429. The van der Waals surface area contributed by atoms with Gasteiger partial charge in [0.1, 0.15) is 0 Å². The van der Waals surface area contributed by atoms with Crippen LogP contribution in [0.15, 0.2) is 0 Å². The molecular formula is C18H35N3O2. The van der Waals surface area contributed by atoms with Gasteiger partial charge in [0, 0.05) is 24.7 Å². The Morgan fingerprint density at radius 3 is 2.39 bits per heavy atom. The van der Waals surface area contributed by atoms with Gasteiger partial charge in [-0.05, 0) is 52.1 Å². The maximum atomic E-state index is 12.4. The second kappa shape index (κ2) is 8.88. The van der Waals surface area contributed by atoms with Gasteiger partial charge in [0.05, 0.1) is 0 Å². The van der Waals surface area contributed by atoms with Crippen molar-refractivity contribution in [1.82, 2.24) is 15.5 Å². The summed E-state index contributed by atoms with van der Waals surface area (Å²) in [5, 5.41) is 15.6. The SMILES string of the molecule is CN(C)C1(CNC(=O)NC(CCO)C2CCCCC2)CCCC1. The number of aliphatic hydroxyl groups is 1. The minimum absolute atomic E-state index is 0.0675. The number of urea groups is 1. The van der Waals surface area contributed by atoms with Crippen molar-refractivity contribution < 1.29 is 9.90 Å². The van der Waals surface area contributed by atoms with Crippen LogP contribution < -0.4 is 10.6 Å². The van der Waals surface area contributed by atoms with Crippen LogP contribution in [0.4, 0.5) is 4.79 Å². The van der Waals surface area contributed by atoms with Crippen molar-refractivity contribution in [3.63, 3.8) is 0 Å². The molecule has 23 heavy (non-hydrogen) atoms. The Labute approximate surface area is 141 Å². The second-order valence-corrected chi connectivity index (χ2v) is 7.67. The van der Waals surface area contributed by atoms with Gasteiger partial charge in [-0.2, -0.15) is 0 Å². The molecule has 2 amide bonds. The third kappa shape index (κ3) is 5.08. The molecule has 3 N–H and O–H groups in total. The number of nitrogens with one attached hydrogen (secondary N) is 2. The van der Waals surface area contributed by atoms with Gasteiger partial charge < -0.3 is 20.6 Å². The molecule has 1 unspecified atom stereocenters. The Morgan fingerprint density at radius 2 is 1.83 bits per heavy atom. The molecule has 2 fully saturated rings. The lowest BCUT2D eigenvalue weighted by molar-refractivity contribution is 0.151. The van der Waals surface area contributed by atoms with E-state index in [2.05, 4.69) is 29.6 Å². The van der Waals surface area contributed by atoms with Gasteiger partial charge in [-0.15, -0.1) is 0 Å². The first-order valence-corrected chi connectivity index (χ1v) is 9.40. The number of nitrogens with zero attached hydrogens (tertiary/aromatic N) is 1. The second-order valence-electron chi connectivity index (χ2n) is 7.67. The number of aliphatic hydroxyl groups excluding tert-OH is 1. The lowest BCUT2D eigenvalue weighted by atomic mass is 9.83. The minimum Gasteiger partial charge on any atom is -0.396 e. The van der Waals surface area contributed by atoms with Crippen molar-refractivity contribution in [3.8, 4) is 0 Å². The van der Waals surface area contributed by atoms with Gasteiger partial charge in [0.15, 0.2) is 0 Å². The number of rotatable bonds is 7. The van der Waals surface area contributed by atoms with E-state index >= 15 is 0 Å². The summed E-state index contributed by atoms with van der Waals surface area (Å²) in [4.78, 5) is 14.6. The summed E-state index contributed by atoms with van der Waals surface area (Å²) in [6.45, 7) is 0.853. The van der Waals surface area contributed by atoms with Crippen LogP contribution in [0.3, 0.4) is 0 Å². The van der Waals surface area contributed by atoms with Crippen LogP contribution >= 0.6 is 0 Å². The molecule has 2 aliphatic rings. The van der Waals surface area contributed by atoms with Gasteiger partial charge in [-0.3, -0.25) is 0 Å². The molecule has 0 spiro atoms. The zero-order valence-electron chi connectivity index (χ0n) is 14.9. The van der Waals surface area contributed by atoms with Crippen LogP contribution in [0.5, 0.6) is 0 Å². The molecule has 0 saturated heterocycles. The average Bonchev–Trinajstić information content (AvgIpc) is 3.04. The van der Waals surface area contributed by atoms with Gasteiger partial charge >= 0.3 is 6.03 Å². The van der Waals surface area contributed by atoms with Gasteiger partial charge in [-0.25, -0.2) is 4.79 Å². The fourth-order valence-corrected chi connectivity index (χ4v) is 4.38. The molecule has 1 atom stereocenters. The molecule has 2 aliphatic carbocycles. The third-order valence-electron chi connectivity index (χ3n) is 6.04. The van der Waals surface area contributed by atoms with Crippen LogP contribution in [0.25, 0.3) is 0 Å². The maximum absolute atomic E-state index is 12.4. The van der Waals surface area contributed by atoms with Crippen LogP contribution in [-0.4, -0.2) is 54.9 Å². The number of likely N-dealkylation sites (N-methyl/N-ethyl adjacent to an activating group) is 1. The zero-order valence-corrected chi connectivity index (χ0v) is 14.9. The van der Waals surface area contributed by atoms with Gasteiger partial charge in [0.25, 0.3) is 0 Å². The molecule has 0 radical (unpaired) electrons. The third-order valence-corrected chi connectivity index (χ3v) is 6.04. The first-order valence-electron chi connectivity index (χ1n) is 9.40. The highest BCUT2D eigenvalue weighted by Crippen LogP contribution is 2.33. The van der Waals surface area contributed by atoms with Crippen molar-refractivity contribution in [2.24, 2.45) is 5.92 Å². The highest BCUT2D eigenvalue weighted by atomic mass is 16.3. The topological polar surface area (TPSA) is 64.6 Å². The van der Waals surface area contributed by atoms with Crippen LogP contribution in [-0.2, 0) is 0 Å². The number of carbonyl (C=O) groups is 1. The molecule has 0 aromatic heterocycles. The van der Waals surface area contributed by atoms with Crippen LogP contribution in [0.1, 0.15) is 64.2 Å². The van der Waals surface area contributed by atoms with E-state index in [0.29, 0.717) is 18.9 Å². The average molecular weight is 325 g/mol. The van der Waals surface area contributed by atoms with E-state index in [1.165, 1.54) is 44.9 Å². The Morgan fingerprint density at radius 1 is 1.17 bits per heavy atom. The van der Waals surface area contributed by atoms with E-state index in [-0.39, 0.29) is 24.2 Å². The Hall–Kier alpha value is -0.810. The molecular weight excluding hydrogens is 290 g/mol. The number of amides is 2. The predicted octanol–water partition coefficient (Wildman–Crippen LogP) is 2.49. The van der Waals surface area contributed by atoms with Crippen molar-refractivity contribution >= 4 is 6.03 Å². The van der Waals surface area contributed by atoms with Crippen LogP contribution in [0, 0.1) is 5.92 Å². The molecule has 5 nitrogen and oxygen atoms in total. The largest absolute Gasteiger partial charge is 0.396 e. The van der Waals surface area contributed by atoms with Crippen LogP contribution in [0.2, 0.25) is 0 Å². The zero-order chi connectivity index (χ0) is 16.7. The van der Waals surface area contributed by atoms with Crippen molar-refractivity contribution in [3.05, 3.63) is 0 Å². The van der Waals surface area contributed by atoms with Crippen molar-refractivity contribution in [2.75, 3.05) is 27.2 Å². The standard InChI is InChI=1S/C18H35N3O2/c1-21(2)18(11-6-7-12-18)14-19-17(23)20-16(10-13-22)15-8-4-3-5-9-15/h15-16,22H,3-14H2,1-2H3,(H2,19,20,23). The quantitative estimate of drug-likeness (QED) is 0.674. The smallest absolute Gasteiger partial charge is 0.315 e. The fraction of sp³-hybridized carbons (Fsp3) is 0.944. The molecule has 0 aliphatic heterocycles. The normalized spacial score (nSPS) is 23.0. The highest BCUT2D eigenvalue weighted by molar-refractivity contribution is 5.74. The molecule has 0 aromatic rings. The number of carbonyl (C=O) groups excluding carboxylic acids is 1. The summed E-state index contributed by atoms with van der Waals surface area (Å²) < 4.78 is 0. The maximum Gasteiger partial charge on any atom is 0.315 e. The van der Waals surface area contributed by atoms with E-state index in [0.717, 1.165) is 12.8 Å². The fourth-order valence-electron chi connectivity index (χ4n) is 4.38. The summed E-state index contributed by atoms with van der Waals surface area (Å²) in [5.74, 6) is 0.524. The lowest BCUT2D eigenvalue weighted by Gasteiger charge is -2.37. The monoisotopic (exact) mass is 325 g/mol. The number of hydrogen-bond donors (Lipinski definition) is 3. The Bertz CT molecular complexity index is 361. The molecule has 2 saturated carbocycles. The first kappa shape index (κ1) is 18.5. The van der Waals surface area contributed by atoms with E-state index in [9.17, 15) is 9.90 Å². The predicted molar refractivity (Wildman–Crippen MR) is 93.5 cm³/mol. The van der Waals surface area contributed by atoms with Crippen molar-refractivity contribution in [2.45, 2.75) is 75.8 Å². The number of hydrogen-bond acceptors (Lipinski definition) is 3.